The van der Waals surface area contributed by atoms with Crippen LogP contribution in [0.5, 0.6) is 0 Å². The standard InChI is InChI=1S/C15H20ClNO3/c1-15(2,3)12(14(19)20)13(18)17(4)9-10-5-7-11(16)8-6-10/h5-8,12H,9H2,1-4H3,(H,19,20). The Morgan fingerprint density at radius 3 is 2.15 bits per heavy atom. The second-order valence-corrected chi connectivity index (χ2v) is 6.39. The van der Waals surface area contributed by atoms with Crippen molar-refractivity contribution >= 4 is 23.5 Å². The number of halogens is 1. The Kier molecular flexibility index (Phi) is 5.17. The molecule has 4 nitrogen and oxygen atoms in total. The van der Waals surface area contributed by atoms with Crippen LogP contribution < -0.4 is 0 Å². The topological polar surface area (TPSA) is 57.6 Å². The molecule has 110 valence electrons. The number of carbonyl (C=O) groups excluding carboxylic acids is 1. The van der Waals surface area contributed by atoms with Gasteiger partial charge in [-0.05, 0) is 23.1 Å². The van der Waals surface area contributed by atoms with Crippen LogP contribution in [0.3, 0.4) is 0 Å². The van der Waals surface area contributed by atoms with Gasteiger partial charge in [-0.3, -0.25) is 9.59 Å². The molecule has 0 aliphatic rings. The summed E-state index contributed by atoms with van der Waals surface area (Å²) in [5.41, 5.74) is 0.278. The molecule has 1 atom stereocenters. The van der Waals surface area contributed by atoms with E-state index in [0.717, 1.165) is 5.56 Å². The van der Waals surface area contributed by atoms with Gasteiger partial charge in [0.1, 0.15) is 5.92 Å². The van der Waals surface area contributed by atoms with Gasteiger partial charge in [0.05, 0.1) is 0 Å². The molecule has 1 amide bonds. The molecule has 1 aromatic carbocycles. The first kappa shape index (κ1) is 16.5. The number of aliphatic carboxylic acids is 1. The minimum atomic E-state index is -1.09. The maximum atomic E-state index is 12.3. The monoisotopic (exact) mass is 297 g/mol. The molecule has 0 saturated heterocycles. The fourth-order valence-electron chi connectivity index (χ4n) is 2.01. The van der Waals surface area contributed by atoms with Crippen LogP contribution in [0.2, 0.25) is 5.02 Å². The second kappa shape index (κ2) is 6.27. The fraction of sp³-hybridized carbons (Fsp3) is 0.467. The van der Waals surface area contributed by atoms with Gasteiger partial charge >= 0.3 is 5.97 Å². The van der Waals surface area contributed by atoms with E-state index in [4.69, 9.17) is 11.6 Å². The van der Waals surface area contributed by atoms with Crippen molar-refractivity contribution < 1.29 is 14.7 Å². The summed E-state index contributed by atoms with van der Waals surface area (Å²) in [4.78, 5) is 25.1. The zero-order valence-corrected chi connectivity index (χ0v) is 12.9. The summed E-state index contributed by atoms with van der Waals surface area (Å²) in [6.07, 6.45) is 0. The van der Waals surface area contributed by atoms with Gasteiger partial charge in [-0.2, -0.15) is 0 Å². The maximum Gasteiger partial charge on any atom is 0.316 e. The molecular formula is C15H20ClNO3. The third kappa shape index (κ3) is 4.23. The maximum absolute atomic E-state index is 12.3. The first-order valence-electron chi connectivity index (χ1n) is 6.35. The van der Waals surface area contributed by atoms with Gasteiger partial charge in [0.15, 0.2) is 0 Å². The van der Waals surface area contributed by atoms with Crippen LogP contribution in [0.4, 0.5) is 0 Å². The minimum absolute atomic E-state index is 0.357. The van der Waals surface area contributed by atoms with E-state index in [1.807, 2.05) is 12.1 Å². The summed E-state index contributed by atoms with van der Waals surface area (Å²) >= 11 is 5.80. The summed E-state index contributed by atoms with van der Waals surface area (Å²) in [7, 11) is 1.61. The second-order valence-electron chi connectivity index (χ2n) is 5.96. The normalized spacial score (nSPS) is 12.8. The molecule has 0 fully saturated rings. The molecule has 0 saturated carbocycles. The lowest BCUT2D eigenvalue weighted by molar-refractivity contribution is -0.155. The number of amides is 1. The predicted octanol–water partition coefficient (Wildman–Crippen LogP) is 3.05. The fourth-order valence-corrected chi connectivity index (χ4v) is 2.13. The van der Waals surface area contributed by atoms with Crippen molar-refractivity contribution in [3.8, 4) is 0 Å². The number of carboxylic acid groups (broad SMARTS) is 1. The summed E-state index contributed by atoms with van der Waals surface area (Å²) in [6.45, 7) is 5.61. The Hall–Kier alpha value is -1.55. The number of nitrogens with zero attached hydrogens (tertiary/aromatic N) is 1. The lowest BCUT2D eigenvalue weighted by Crippen LogP contribution is -2.43. The van der Waals surface area contributed by atoms with Crippen LogP contribution in [0.25, 0.3) is 0 Å². The Morgan fingerprint density at radius 2 is 1.75 bits per heavy atom. The molecule has 0 heterocycles. The lowest BCUT2D eigenvalue weighted by Gasteiger charge is -2.30. The van der Waals surface area contributed by atoms with Crippen molar-refractivity contribution in [1.82, 2.24) is 4.90 Å². The average molecular weight is 298 g/mol. The SMILES string of the molecule is CN(Cc1ccc(Cl)cc1)C(=O)C(C(=O)O)C(C)(C)C. The van der Waals surface area contributed by atoms with Crippen molar-refractivity contribution in [3.63, 3.8) is 0 Å². The van der Waals surface area contributed by atoms with E-state index in [9.17, 15) is 14.7 Å². The molecule has 1 N–H and O–H groups in total. The van der Waals surface area contributed by atoms with Gasteiger partial charge in [0, 0.05) is 18.6 Å². The molecule has 1 aromatic rings. The highest BCUT2D eigenvalue weighted by Crippen LogP contribution is 2.28. The van der Waals surface area contributed by atoms with E-state index >= 15 is 0 Å². The van der Waals surface area contributed by atoms with E-state index < -0.39 is 17.3 Å². The Morgan fingerprint density at radius 1 is 1.25 bits per heavy atom. The largest absolute Gasteiger partial charge is 0.481 e. The summed E-state index contributed by atoms with van der Waals surface area (Å²) < 4.78 is 0. The van der Waals surface area contributed by atoms with Crippen molar-refractivity contribution in [1.29, 1.82) is 0 Å². The van der Waals surface area contributed by atoms with E-state index in [2.05, 4.69) is 0 Å². The van der Waals surface area contributed by atoms with Crippen LogP contribution >= 0.6 is 11.6 Å². The summed E-state index contributed by atoms with van der Waals surface area (Å²) in [5.74, 6) is -2.54. The molecule has 0 radical (unpaired) electrons. The van der Waals surface area contributed by atoms with Gasteiger partial charge in [0.2, 0.25) is 5.91 Å². The van der Waals surface area contributed by atoms with Crippen LogP contribution in [-0.2, 0) is 16.1 Å². The van der Waals surface area contributed by atoms with Crippen molar-refractivity contribution in [2.45, 2.75) is 27.3 Å². The predicted molar refractivity (Wildman–Crippen MR) is 78.5 cm³/mol. The van der Waals surface area contributed by atoms with Gasteiger partial charge in [-0.15, -0.1) is 0 Å². The third-order valence-electron chi connectivity index (χ3n) is 3.07. The van der Waals surface area contributed by atoms with Crippen molar-refractivity contribution in [3.05, 3.63) is 34.9 Å². The van der Waals surface area contributed by atoms with Crippen molar-refractivity contribution in [2.75, 3.05) is 7.05 Å². The van der Waals surface area contributed by atoms with E-state index in [1.54, 1.807) is 40.0 Å². The molecule has 0 aromatic heterocycles. The smallest absolute Gasteiger partial charge is 0.316 e. The lowest BCUT2D eigenvalue weighted by atomic mass is 9.80. The molecule has 5 heteroatoms. The molecule has 0 bridgehead atoms. The van der Waals surface area contributed by atoms with Gasteiger partial charge < -0.3 is 10.0 Å². The molecular weight excluding hydrogens is 278 g/mol. The quantitative estimate of drug-likeness (QED) is 0.869. The van der Waals surface area contributed by atoms with Crippen molar-refractivity contribution in [2.24, 2.45) is 11.3 Å². The summed E-state index contributed by atoms with van der Waals surface area (Å²) in [5, 5.41) is 9.89. The first-order valence-corrected chi connectivity index (χ1v) is 6.73. The number of carboxylic acids is 1. The number of benzene rings is 1. The minimum Gasteiger partial charge on any atom is -0.481 e. The Balaban J connectivity index is 2.85. The van der Waals surface area contributed by atoms with Crippen LogP contribution in [-0.4, -0.2) is 28.9 Å². The number of hydrogen-bond donors (Lipinski definition) is 1. The first-order chi connectivity index (χ1) is 9.12. The molecule has 0 aliphatic heterocycles. The highest BCUT2D eigenvalue weighted by atomic mass is 35.5. The highest BCUT2D eigenvalue weighted by molar-refractivity contribution is 6.30. The zero-order valence-electron chi connectivity index (χ0n) is 12.2. The van der Waals surface area contributed by atoms with Gasteiger partial charge in [0.25, 0.3) is 0 Å². The summed E-state index contributed by atoms with van der Waals surface area (Å²) in [6, 6.07) is 7.12. The Bertz CT molecular complexity index is 491. The number of hydrogen-bond acceptors (Lipinski definition) is 2. The van der Waals surface area contributed by atoms with E-state index in [0.29, 0.717) is 11.6 Å². The van der Waals surface area contributed by atoms with Crippen LogP contribution in [0.15, 0.2) is 24.3 Å². The van der Waals surface area contributed by atoms with E-state index in [1.165, 1.54) is 4.90 Å². The molecule has 20 heavy (non-hydrogen) atoms. The van der Waals surface area contributed by atoms with E-state index in [-0.39, 0.29) is 5.91 Å². The van der Waals surface area contributed by atoms with Gasteiger partial charge in [-0.25, -0.2) is 0 Å². The molecule has 0 aliphatic carbocycles. The zero-order chi connectivity index (χ0) is 15.5. The van der Waals surface area contributed by atoms with Gasteiger partial charge in [-0.1, -0.05) is 44.5 Å². The third-order valence-corrected chi connectivity index (χ3v) is 3.32. The van der Waals surface area contributed by atoms with Crippen LogP contribution in [0.1, 0.15) is 26.3 Å². The molecule has 1 rings (SSSR count). The van der Waals surface area contributed by atoms with Crippen LogP contribution in [0, 0.1) is 11.3 Å². The molecule has 1 unspecified atom stereocenters. The average Bonchev–Trinajstić information content (AvgIpc) is 2.29. The number of rotatable bonds is 4. The molecule has 0 spiro atoms. The Labute approximate surface area is 124 Å². The number of carbonyl (C=O) groups is 2. The highest BCUT2D eigenvalue weighted by Gasteiger charge is 2.39.